The molecule has 0 fully saturated rings. The van der Waals surface area contributed by atoms with Crippen LogP contribution in [-0.2, 0) is 48.0 Å². The number of halogens is 4. The van der Waals surface area contributed by atoms with Gasteiger partial charge in [0.25, 0.3) is 5.91 Å². The molecule has 4 atom stereocenters. The van der Waals surface area contributed by atoms with Gasteiger partial charge in [-0.25, -0.2) is 0 Å². The largest absolute Gasteiger partial charge is 0.382 e. The number of fused-ring (bicyclic) bond motifs is 2. The Balaban J connectivity index is 0.633. The van der Waals surface area contributed by atoms with Gasteiger partial charge in [-0.05, 0) is 114 Å². The van der Waals surface area contributed by atoms with Crippen molar-refractivity contribution in [2.75, 3.05) is 98.4 Å². The molecule has 2 aliphatic heterocycles. The van der Waals surface area contributed by atoms with E-state index in [2.05, 4.69) is 103 Å². The average molecular weight is 1150 g/mol. The van der Waals surface area contributed by atoms with Crippen molar-refractivity contribution in [3.63, 3.8) is 0 Å². The van der Waals surface area contributed by atoms with Gasteiger partial charge < -0.3 is 49.6 Å². The number of aromatic nitrogens is 4. The van der Waals surface area contributed by atoms with Gasteiger partial charge in [-0.15, -0.1) is 5.10 Å². The Hall–Kier alpha value is -5.18. The minimum absolute atomic E-state index is 0.0736. The van der Waals surface area contributed by atoms with Crippen LogP contribution < -0.4 is 10.6 Å². The molecule has 20 heteroatoms. The molecular weight excluding hydrogens is 1080 g/mol. The number of aryl methyl sites for hydroxylation is 1. The topological polar surface area (TPSA) is 194 Å². The van der Waals surface area contributed by atoms with Crippen LogP contribution in [0.4, 0.5) is 5.82 Å². The molecule has 0 saturated heterocycles. The number of aliphatic hydroxyl groups excluding tert-OH is 2. The summed E-state index contributed by atoms with van der Waals surface area (Å²) in [4.78, 5) is 29.5. The van der Waals surface area contributed by atoms with Gasteiger partial charge in [0.2, 0.25) is 0 Å². The highest BCUT2D eigenvalue weighted by Gasteiger charge is 2.31. The number of carbonyl (C=O) groups is 2. The molecule has 2 aliphatic rings. The summed E-state index contributed by atoms with van der Waals surface area (Å²) in [5.41, 5.74) is 11.7. The minimum atomic E-state index is -1.91. The smallest absolute Gasteiger partial charge is 0.252 e. The second kappa shape index (κ2) is 29.3. The first kappa shape index (κ1) is 59.0. The molecule has 4 N–H and O–H groups in total. The van der Waals surface area contributed by atoms with E-state index in [9.17, 15) is 19.8 Å². The zero-order valence-corrected chi connectivity index (χ0v) is 46.8. The molecule has 0 saturated carbocycles. The molecule has 0 radical (unpaired) electrons. The lowest BCUT2D eigenvalue weighted by Crippen LogP contribution is -2.46. The third-order valence-corrected chi connectivity index (χ3v) is 14.9. The molecule has 8 rings (SSSR count). The highest BCUT2D eigenvalue weighted by Crippen LogP contribution is 2.41. The molecule has 0 spiro atoms. The zero-order chi connectivity index (χ0) is 55.0. The molecule has 0 unspecified atom stereocenters. The summed E-state index contributed by atoms with van der Waals surface area (Å²) in [6.07, 6.45) is 1.39. The number of rotatable bonds is 28. The van der Waals surface area contributed by atoms with Gasteiger partial charge in [0, 0.05) is 102 Å². The van der Waals surface area contributed by atoms with Crippen molar-refractivity contribution in [1.82, 2.24) is 35.5 Å². The number of Topliss-reactive ketones (excluding diaryl/α,β-unsaturated/α-hetero) is 1. The normalized spacial score (nSPS) is 16.3. The molecule has 78 heavy (non-hydrogen) atoms. The number of nitrogens with zero attached hydrogens (tertiary/aromatic N) is 6. The lowest BCUT2D eigenvalue weighted by molar-refractivity contribution is -0.145. The standard InChI is InChI=1S/C58H66Cl4N8O8/c1-69-33-48(46-27-43(59)29-52(61)50(46)35-69)39-9-3-7-37(23-39)41-25-45(67-65-31-41)11-5-15-75-19-22-78-18-14-64-58(74)57(73)56(72)54(71)12-6-16-76-20-21-77-17-13-63-55-26-42(32-66-68-55)38-8-4-10-40(24-38)49-34-70(2)36-51-47(49)28-44(60)30-53(51)62/h3-4,7-10,23-32,48-49,56-57,72-73H,5-6,11-22,33-36H2,1-2H3,(H,63,68)(H,64,74)/t48-,49-,56-,57+/m0/s1. The fraction of sp³-hybridized carbons (Fsp3) is 0.414. The van der Waals surface area contributed by atoms with Crippen molar-refractivity contribution in [2.24, 2.45) is 0 Å². The average Bonchev–Trinajstić information content (AvgIpc) is 3.48. The Morgan fingerprint density at radius 2 is 1.14 bits per heavy atom. The van der Waals surface area contributed by atoms with Crippen LogP contribution in [0.2, 0.25) is 20.1 Å². The molecule has 414 valence electrons. The molecular formula is C58H66Cl4N8O8. The van der Waals surface area contributed by atoms with E-state index in [4.69, 9.17) is 65.4 Å². The number of ketones is 1. The van der Waals surface area contributed by atoms with Gasteiger partial charge in [0.1, 0.15) is 11.9 Å². The number of benzene rings is 4. The molecule has 2 aromatic heterocycles. The van der Waals surface area contributed by atoms with E-state index < -0.39 is 23.9 Å². The Bertz CT molecular complexity index is 2780. The summed E-state index contributed by atoms with van der Waals surface area (Å²) in [5.74, 6) is -0.670. The van der Waals surface area contributed by atoms with E-state index in [1.54, 1.807) is 18.5 Å². The first-order chi connectivity index (χ1) is 37.8. The van der Waals surface area contributed by atoms with Crippen molar-refractivity contribution in [2.45, 2.75) is 62.8 Å². The maximum atomic E-state index is 12.5. The van der Waals surface area contributed by atoms with E-state index in [1.165, 1.54) is 5.56 Å². The van der Waals surface area contributed by atoms with Crippen molar-refractivity contribution >= 4 is 63.9 Å². The van der Waals surface area contributed by atoms with Gasteiger partial charge >= 0.3 is 0 Å². The summed E-state index contributed by atoms with van der Waals surface area (Å²) >= 11 is 26.1. The maximum Gasteiger partial charge on any atom is 0.252 e. The summed E-state index contributed by atoms with van der Waals surface area (Å²) < 4.78 is 22.6. The molecule has 6 aromatic rings. The number of nitrogens with one attached hydrogen (secondary N) is 2. The molecule has 1 amide bonds. The zero-order valence-electron chi connectivity index (χ0n) is 43.8. The highest BCUT2D eigenvalue weighted by molar-refractivity contribution is 6.35. The van der Waals surface area contributed by atoms with E-state index in [1.807, 2.05) is 30.3 Å². The van der Waals surface area contributed by atoms with E-state index >= 15 is 0 Å². The number of amides is 1. The summed E-state index contributed by atoms with van der Waals surface area (Å²) in [6.45, 7) is 6.36. The number of likely N-dealkylation sites (N-methyl/N-ethyl adjacent to an activating group) is 2. The SMILES string of the molecule is CN1Cc2c(Cl)cc(Cl)cc2[C@H](c2cccc(-c3cnnc(CCCOCCOCCNC(=O)[C@H](O)[C@@H](O)C(=O)CCCOCCOCCNc4cc(-c5cccc([C@@H]6CN(C)Cc7c(Cl)cc(Cl)cc76)c5)cnn4)c3)c2)C1. The Morgan fingerprint density at radius 1 is 0.615 bits per heavy atom. The predicted molar refractivity (Wildman–Crippen MR) is 304 cm³/mol. The number of hydrogen-bond acceptors (Lipinski definition) is 15. The maximum absolute atomic E-state index is 12.5. The third kappa shape index (κ3) is 16.5. The molecule has 4 aromatic carbocycles. The molecule has 4 heterocycles. The van der Waals surface area contributed by atoms with Crippen molar-refractivity contribution < 1.29 is 38.7 Å². The number of anilines is 1. The van der Waals surface area contributed by atoms with Crippen molar-refractivity contribution in [3.05, 3.63) is 156 Å². The minimum Gasteiger partial charge on any atom is -0.382 e. The van der Waals surface area contributed by atoms with E-state index in [0.29, 0.717) is 84.9 Å². The number of aliphatic hydroxyl groups is 2. The lowest BCUT2D eigenvalue weighted by Gasteiger charge is -2.33. The van der Waals surface area contributed by atoms with Crippen LogP contribution in [0.25, 0.3) is 22.3 Å². The fourth-order valence-corrected chi connectivity index (χ4v) is 11.0. The Kier molecular flexibility index (Phi) is 22.2. The van der Waals surface area contributed by atoms with Gasteiger partial charge in [0.15, 0.2) is 11.9 Å². The van der Waals surface area contributed by atoms with Gasteiger partial charge in [-0.1, -0.05) is 94.9 Å². The molecule has 0 aliphatic carbocycles. The number of hydrogen-bond donors (Lipinski definition) is 4. The second-order valence-corrected chi connectivity index (χ2v) is 21.3. The molecule has 0 bridgehead atoms. The quantitative estimate of drug-likeness (QED) is 0.0341. The van der Waals surface area contributed by atoms with E-state index in [-0.39, 0.29) is 38.0 Å². The van der Waals surface area contributed by atoms with Crippen molar-refractivity contribution in [1.29, 1.82) is 0 Å². The van der Waals surface area contributed by atoms with Crippen LogP contribution in [0.5, 0.6) is 0 Å². The Labute approximate surface area is 475 Å². The second-order valence-electron chi connectivity index (χ2n) is 19.7. The molecule has 16 nitrogen and oxygen atoms in total. The van der Waals surface area contributed by atoms with Crippen LogP contribution in [-0.4, -0.2) is 157 Å². The summed E-state index contributed by atoms with van der Waals surface area (Å²) in [7, 11) is 4.19. The first-order valence-electron chi connectivity index (χ1n) is 26.2. The predicted octanol–water partition coefficient (Wildman–Crippen LogP) is 8.67. The van der Waals surface area contributed by atoms with Gasteiger partial charge in [0.05, 0.1) is 57.7 Å². The van der Waals surface area contributed by atoms with Gasteiger partial charge in [-0.3, -0.25) is 9.59 Å². The third-order valence-electron chi connectivity index (χ3n) is 13.8. The van der Waals surface area contributed by atoms with Crippen LogP contribution in [0, 0.1) is 0 Å². The monoisotopic (exact) mass is 1140 g/mol. The number of carbonyl (C=O) groups excluding carboxylic acids is 2. The van der Waals surface area contributed by atoms with Gasteiger partial charge in [-0.2, -0.15) is 15.3 Å². The Morgan fingerprint density at radius 3 is 1.73 bits per heavy atom. The van der Waals surface area contributed by atoms with Crippen LogP contribution in [0.1, 0.15) is 70.2 Å². The summed E-state index contributed by atoms with van der Waals surface area (Å²) in [5, 5.41) is 46.1. The van der Waals surface area contributed by atoms with Crippen LogP contribution in [0.15, 0.2) is 97.3 Å². The van der Waals surface area contributed by atoms with Crippen LogP contribution >= 0.6 is 46.4 Å². The first-order valence-corrected chi connectivity index (χ1v) is 27.7. The van der Waals surface area contributed by atoms with Crippen LogP contribution in [0.3, 0.4) is 0 Å². The van der Waals surface area contributed by atoms with Crippen molar-refractivity contribution in [3.8, 4) is 22.3 Å². The fourth-order valence-electron chi connectivity index (χ4n) is 9.85. The summed E-state index contributed by atoms with van der Waals surface area (Å²) in [6, 6.07) is 28.6. The number of ether oxygens (including phenoxy) is 4. The highest BCUT2D eigenvalue weighted by atomic mass is 35.5. The lowest BCUT2D eigenvalue weighted by atomic mass is 9.84. The van der Waals surface area contributed by atoms with E-state index in [0.717, 1.165) is 88.4 Å².